The first-order chi connectivity index (χ1) is 10.9. The molecule has 1 fully saturated rings. The van der Waals surface area contributed by atoms with Gasteiger partial charge in [0.2, 0.25) is 0 Å². The van der Waals surface area contributed by atoms with Crippen LogP contribution >= 0.6 is 0 Å². The number of carboxylic acid groups (broad SMARTS) is 1. The minimum atomic E-state index is -0.842. The van der Waals surface area contributed by atoms with Crippen LogP contribution in [0.3, 0.4) is 0 Å². The Morgan fingerprint density at radius 3 is 2.78 bits per heavy atom. The lowest BCUT2D eigenvalue weighted by atomic mass is 9.85. The number of likely N-dealkylation sites (N-methyl/N-ethyl adjacent to an activating group) is 1. The lowest BCUT2D eigenvalue weighted by Gasteiger charge is -2.42. The molecule has 1 aliphatic carbocycles. The van der Waals surface area contributed by atoms with E-state index < -0.39 is 10.9 Å². The fourth-order valence-corrected chi connectivity index (χ4v) is 2.76. The predicted octanol–water partition coefficient (Wildman–Crippen LogP) is 1.82. The summed E-state index contributed by atoms with van der Waals surface area (Å²) in [5.74, 6) is -0.842. The molecule has 0 amide bonds. The maximum Gasteiger partial charge on any atom is 0.317 e. The highest BCUT2D eigenvalue weighted by Gasteiger charge is 2.34. The highest BCUT2D eigenvalue weighted by molar-refractivity contribution is 5.69. The molecule has 0 saturated heterocycles. The number of nitro groups is 1. The van der Waals surface area contributed by atoms with Crippen molar-refractivity contribution < 1.29 is 14.8 Å². The zero-order chi connectivity index (χ0) is 17.0. The Labute approximate surface area is 133 Å². The summed E-state index contributed by atoms with van der Waals surface area (Å²) in [6.07, 6.45) is 1.56. The SMILES string of the molecule is CCN(CC(=O)O)C1CC(Nc2ccc([N+](=O)[O-])cc2C#N)C1. The standard InChI is InChI=1S/C15H18N4O4/c1-2-18(9-15(20)21)13-6-11(7-13)17-14-4-3-12(19(22)23)5-10(14)8-16/h3-5,11,13,17H,2,6-7,9H2,1H3,(H,20,21). The topological polar surface area (TPSA) is 120 Å². The van der Waals surface area contributed by atoms with Gasteiger partial charge in [0, 0.05) is 24.2 Å². The number of rotatable bonds is 7. The molecule has 8 heteroatoms. The summed E-state index contributed by atoms with van der Waals surface area (Å²) < 4.78 is 0. The number of anilines is 1. The second-order valence-electron chi connectivity index (χ2n) is 5.52. The van der Waals surface area contributed by atoms with Crippen LogP contribution in [-0.4, -0.2) is 46.1 Å². The van der Waals surface area contributed by atoms with Gasteiger partial charge in [-0.05, 0) is 25.5 Å². The summed E-state index contributed by atoms with van der Waals surface area (Å²) in [6.45, 7) is 2.62. The van der Waals surface area contributed by atoms with E-state index in [2.05, 4.69) is 5.32 Å². The van der Waals surface area contributed by atoms with Gasteiger partial charge < -0.3 is 10.4 Å². The van der Waals surface area contributed by atoms with E-state index in [9.17, 15) is 14.9 Å². The fraction of sp³-hybridized carbons (Fsp3) is 0.467. The average Bonchev–Trinajstić information content (AvgIpc) is 2.48. The quantitative estimate of drug-likeness (QED) is 0.581. The van der Waals surface area contributed by atoms with E-state index in [-0.39, 0.29) is 29.9 Å². The maximum atomic E-state index is 10.8. The van der Waals surface area contributed by atoms with Crippen LogP contribution in [0.25, 0.3) is 0 Å². The molecular weight excluding hydrogens is 300 g/mol. The van der Waals surface area contributed by atoms with E-state index >= 15 is 0 Å². The highest BCUT2D eigenvalue weighted by Crippen LogP contribution is 2.30. The molecule has 1 saturated carbocycles. The number of carbonyl (C=O) groups is 1. The molecule has 23 heavy (non-hydrogen) atoms. The third-order valence-electron chi connectivity index (χ3n) is 4.07. The number of nitrogens with zero attached hydrogens (tertiary/aromatic N) is 3. The number of nitro benzene ring substituents is 1. The van der Waals surface area contributed by atoms with Crippen LogP contribution in [0.15, 0.2) is 18.2 Å². The highest BCUT2D eigenvalue weighted by atomic mass is 16.6. The summed E-state index contributed by atoms with van der Waals surface area (Å²) in [5.41, 5.74) is 0.695. The van der Waals surface area contributed by atoms with Gasteiger partial charge >= 0.3 is 5.97 Å². The first-order valence-electron chi connectivity index (χ1n) is 7.35. The third-order valence-corrected chi connectivity index (χ3v) is 4.07. The monoisotopic (exact) mass is 318 g/mol. The summed E-state index contributed by atoms with van der Waals surface area (Å²) in [6, 6.07) is 6.46. The van der Waals surface area contributed by atoms with Crippen molar-refractivity contribution in [1.29, 1.82) is 5.26 Å². The zero-order valence-electron chi connectivity index (χ0n) is 12.7. The Bertz CT molecular complexity index is 649. The number of non-ortho nitro benzene ring substituents is 1. The fourth-order valence-electron chi connectivity index (χ4n) is 2.76. The van der Waals surface area contributed by atoms with Gasteiger partial charge in [-0.1, -0.05) is 6.92 Å². The molecule has 1 aliphatic rings. The van der Waals surface area contributed by atoms with Crippen molar-refractivity contribution in [3.63, 3.8) is 0 Å². The van der Waals surface area contributed by atoms with Crippen LogP contribution < -0.4 is 5.32 Å². The van der Waals surface area contributed by atoms with Gasteiger partial charge in [-0.2, -0.15) is 5.26 Å². The second-order valence-corrected chi connectivity index (χ2v) is 5.52. The van der Waals surface area contributed by atoms with E-state index in [1.807, 2.05) is 17.9 Å². The minimum Gasteiger partial charge on any atom is -0.480 e. The van der Waals surface area contributed by atoms with Crippen LogP contribution in [0.5, 0.6) is 0 Å². The molecule has 0 aromatic heterocycles. The molecule has 122 valence electrons. The second kappa shape index (κ2) is 7.07. The van der Waals surface area contributed by atoms with Crippen molar-refractivity contribution in [3.05, 3.63) is 33.9 Å². The van der Waals surface area contributed by atoms with E-state index in [1.54, 1.807) is 6.07 Å². The number of hydrogen-bond acceptors (Lipinski definition) is 6. The van der Waals surface area contributed by atoms with Gasteiger partial charge in [-0.25, -0.2) is 0 Å². The first-order valence-corrected chi connectivity index (χ1v) is 7.35. The number of carboxylic acids is 1. The Hall–Kier alpha value is -2.66. The largest absolute Gasteiger partial charge is 0.480 e. The molecule has 2 N–H and O–H groups in total. The van der Waals surface area contributed by atoms with Crippen molar-refractivity contribution in [2.75, 3.05) is 18.4 Å². The summed E-state index contributed by atoms with van der Waals surface area (Å²) in [7, 11) is 0. The molecular formula is C15H18N4O4. The Kier molecular flexibility index (Phi) is 5.13. The number of hydrogen-bond donors (Lipinski definition) is 2. The number of aliphatic carboxylic acids is 1. The van der Waals surface area contributed by atoms with Gasteiger partial charge in [0.15, 0.2) is 0 Å². The molecule has 0 spiro atoms. The molecule has 0 heterocycles. The van der Waals surface area contributed by atoms with E-state index in [0.29, 0.717) is 12.2 Å². The average molecular weight is 318 g/mol. The molecule has 1 aromatic carbocycles. The lowest BCUT2D eigenvalue weighted by Crippen LogP contribution is -2.51. The van der Waals surface area contributed by atoms with E-state index in [1.165, 1.54) is 12.1 Å². The molecule has 0 bridgehead atoms. The molecule has 1 aromatic rings. The summed E-state index contributed by atoms with van der Waals surface area (Å²) in [5, 5.41) is 31.9. The molecule has 0 aliphatic heterocycles. The zero-order valence-corrected chi connectivity index (χ0v) is 12.7. The van der Waals surface area contributed by atoms with Gasteiger partial charge in [0.1, 0.15) is 6.07 Å². The number of nitrogens with one attached hydrogen (secondary N) is 1. The van der Waals surface area contributed by atoms with Crippen molar-refractivity contribution in [2.45, 2.75) is 31.8 Å². The van der Waals surface area contributed by atoms with E-state index in [0.717, 1.165) is 12.8 Å². The van der Waals surface area contributed by atoms with Crippen LogP contribution in [-0.2, 0) is 4.79 Å². The van der Waals surface area contributed by atoms with Crippen LogP contribution in [0.4, 0.5) is 11.4 Å². The molecule has 0 atom stereocenters. The summed E-state index contributed by atoms with van der Waals surface area (Å²) in [4.78, 5) is 22.9. The minimum absolute atomic E-state index is 0.0227. The Balaban J connectivity index is 1.96. The first kappa shape index (κ1) is 16.7. The maximum absolute atomic E-state index is 10.8. The lowest BCUT2D eigenvalue weighted by molar-refractivity contribution is -0.384. The van der Waals surface area contributed by atoms with Crippen LogP contribution in [0.2, 0.25) is 0 Å². The molecule has 2 rings (SSSR count). The number of benzene rings is 1. The van der Waals surface area contributed by atoms with Gasteiger partial charge in [0.25, 0.3) is 5.69 Å². The summed E-state index contributed by atoms with van der Waals surface area (Å²) >= 11 is 0. The smallest absolute Gasteiger partial charge is 0.317 e. The van der Waals surface area contributed by atoms with Crippen molar-refractivity contribution in [1.82, 2.24) is 4.90 Å². The normalized spacial score (nSPS) is 19.7. The van der Waals surface area contributed by atoms with E-state index in [4.69, 9.17) is 10.4 Å². The van der Waals surface area contributed by atoms with Crippen LogP contribution in [0, 0.1) is 21.4 Å². The number of nitriles is 1. The van der Waals surface area contributed by atoms with Crippen molar-refractivity contribution in [3.8, 4) is 6.07 Å². The molecule has 0 unspecified atom stereocenters. The van der Waals surface area contributed by atoms with Crippen molar-refractivity contribution in [2.24, 2.45) is 0 Å². The third kappa shape index (κ3) is 3.96. The van der Waals surface area contributed by atoms with Gasteiger partial charge in [-0.15, -0.1) is 0 Å². The Morgan fingerprint density at radius 1 is 1.57 bits per heavy atom. The van der Waals surface area contributed by atoms with Gasteiger partial charge in [0.05, 0.1) is 22.7 Å². The molecule has 8 nitrogen and oxygen atoms in total. The van der Waals surface area contributed by atoms with Gasteiger partial charge in [-0.3, -0.25) is 19.8 Å². The molecule has 0 radical (unpaired) electrons. The van der Waals surface area contributed by atoms with Crippen LogP contribution in [0.1, 0.15) is 25.3 Å². The van der Waals surface area contributed by atoms with Crippen molar-refractivity contribution >= 4 is 17.3 Å². The Morgan fingerprint density at radius 2 is 2.26 bits per heavy atom. The predicted molar refractivity (Wildman–Crippen MR) is 83.1 cm³/mol.